The van der Waals surface area contributed by atoms with E-state index in [1.807, 2.05) is 0 Å². The first-order valence-corrected chi connectivity index (χ1v) is 0. The van der Waals surface area contributed by atoms with E-state index < -0.39 is 0 Å². The zero-order chi connectivity index (χ0) is 0. The van der Waals surface area contributed by atoms with Gasteiger partial charge in [-0.25, -0.2) is 0 Å². The van der Waals surface area contributed by atoms with Crippen LogP contribution in [-0.4, -0.2) is 0 Å². The Kier molecular flexibility index (Phi) is 7550. The molecule has 0 unspecified atom stereocenters. The van der Waals surface area contributed by atoms with Gasteiger partial charge in [0.2, 0.25) is 0 Å². The molecule has 0 aromatic heterocycles. The van der Waals surface area contributed by atoms with Crippen molar-refractivity contribution in [1.82, 2.24) is 0 Å². The molecule has 0 nitrogen and oxygen atoms in total. The molecule has 0 fully saturated rings. The van der Waals surface area contributed by atoms with Gasteiger partial charge in [-0.2, -0.15) is 0 Å². The standard InChI is InChI=1S/47Co. The van der Waals surface area contributed by atoms with Gasteiger partial charge in [0, 0.05) is 789 Å². The van der Waals surface area contributed by atoms with Crippen molar-refractivity contribution in [3.05, 3.63) is 0 Å². The van der Waals surface area contributed by atoms with Crippen molar-refractivity contribution < 1.29 is 789 Å². The maximum Gasteiger partial charge on any atom is 0 e. The fourth-order valence-corrected chi connectivity index (χ4v) is 0. The molecule has 0 saturated carbocycles. The Morgan fingerprint density at radius 3 is 0.0213 bits per heavy atom. The van der Waals surface area contributed by atoms with Crippen molar-refractivity contribution in [3.63, 3.8) is 0 Å². The van der Waals surface area contributed by atoms with E-state index in [0.29, 0.717) is 0 Å². The maximum atomic E-state index is 0. The van der Waals surface area contributed by atoms with Gasteiger partial charge in [-0.05, 0) is 0 Å². The van der Waals surface area contributed by atoms with E-state index in [-0.39, 0.29) is 789 Å². The van der Waals surface area contributed by atoms with E-state index in [1.165, 1.54) is 0 Å². The minimum absolute atomic E-state index is 0. The van der Waals surface area contributed by atoms with E-state index in [4.69, 9.17) is 0 Å². The molecule has 0 atom stereocenters. The van der Waals surface area contributed by atoms with Crippen LogP contribution in [-0.2, 0) is 789 Å². The van der Waals surface area contributed by atoms with Gasteiger partial charge in [0.1, 0.15) is 0 Å². The smallest absolute Gasteiger partial charge is 0 e. The third-order valence-electron chi connectivity index (χ3n) is 0. The fraction of sp³-hybridized carbons (Fsp3) is 0. The van der Waals surface area contributed by atoms with Crippen LogP contribution < -0.4 is 0 Å². The molecule has 47 radical (unpaired) electrons. The predicted octanol–water partition coefficient (Wildman–Crippen LogP) is -0.118. The monoisotopic (exact) mass is 2770 g/mol. The van der Waals surface area contributed by atoms with Gasteiger partial charge in [0.15, 0.2) is 0 Å². The SMILES string of the molecule is [Co].[Co].[Co].[Co].[Co].[Co].[Co].[Co].[Co].[Co].[Co].[Co].[Co].[Co].[Co].[Co].[Co].[Co].[Co].[Co].[Co].[Co].[Co].[Co].[Co].[Co].[Co].[Co].[Co].[Co].[Co].[Co].[Co].[Co].[Co].[Co].[Co].[Co].[Co].[Co].[Co].[Co].[Co].[Co].[Co].[Co].[Co]. The van der Waals surface area contributed by atoms with E-state index >= 15 is 0 Å². The third-order valence-corrected chi connectivity index (χ3v) is 0. The normalized spacial score (nSPS) is 0. The topological polar surface area (TPSA) is 0 Å². The van der Waals surface area contributed by atoms with Crippen LogP contribution in [0.15, 0.2) is 0 Å². The Morgan fingerprint density at radius 2 is 0.0213 bits per heavy atom. The first-order chi connectivity index (χ1) is 0. The molecule has 423 valence electrons. The van der Waals surface area contributed by atoms with Gasteiger partial charge in [-0.3, -0.25) is 0 Å². The molecule has 0 saturated heterocycles. The fourth-order valence-electron chi connectivity index (χ4n) is 0. The summed E-state index contributed by atoms with van der Waals surface area (Å²) in [6, 6.07) is 0. The minimum atomic E-state index is 0. The first kappa shape index (κ1) is 609. The molecular formula is Co47. The Hall–Kier alpha value is 23.8. The summed E-state index contributed by atoms with van der Waals surface area (Å²) in [6.07, 6.45) is 0. The second-order valence-electron chi connectivity index (χ2n) is 0. The van der Waals surface area contributed by atoms with Crippen LogP contribution in [0.25, 0.3) is 0 Å². The average Bonchev–Trinajstić information content (AvgIpc) is 0. The quantitative estimate of drug-likeness (QED) is 0.318. The molecule has 0 bridgehead atoms. The van der Waals surface area contributed by atoms with Gasteiger partial charge in [-0.15, -0.1) is 0 Å². The summed E-state index contributed by atoms with van der Waals surface area (Å²) in [5.74, 6) is 0. The Bertz CT molecular complexity index is 0. The van der Waals surface area contributed by atoms with Gasteiger partial charge in [-0.1, -0.05) is 0 Å². The predicted molar refractivity (Wildman–Crippen MR) is 0 cm³/mol. The number of rotatable bonds is 0. The molecule has 0 N–H and O–H groups in total. The number of hydrogen-bond donors (Lipinski definition) is 0. The van der Waals surface area contributed by atoms with E-state index in [9.17, 15) is 0 Å². The van der Waals surface area contributed by atoms with E-state index in [0.717, 1.165) is 0 Å². The third kappa shape index (κ3) is 566. The minimum Gasteiger partial charge on any atom is 0 e. The van der Waals surface area contributed by atoms with Crippen molar-refractivity contribution in [2.45, 2.75) is 0 Å². The molecule has 0 amide bonds. The summed E-state index contributed by atoms with van der Waals surface area (Å²) in [4.78, 5) is 0. The Morgan fingerprint density at radius 1 is 0.0213 bits per heavy atom. The summed E-state index contributed by atoms with van der Waals surface area (Å²) in [5, 5.41) is 0. The van der Waals surface area contributed by atoms with Crippen LogP contribution in [0.3, 0.4) is 0 Å². The van der Waals surface area contributed by atoms with Crippen molar-refractivity contribution in [2.24, 2.45) is 0 Å². The van der Waals surface area contributed by atoms with Crippen LogP contribution in [0.1, 0.15) is 0 Å². The van der Waals surface area contributed by atoms with Crippen molar-refractivity contribution in [1.29, 1.82) is 0 Å². The van der Waals surface area contributed by atoms with Crippen molar-refractivity contribution in [2.75, 3.05) is 0 Å². The summed E-state index contributed by atoms with van der Waals surface area (Å²) < 4.78 is 0. The van der Waals surface area contributed by atoms with E-state index in [2.05, 4.69) is 0 Å². The summed E-state index contributed by atoms with van der Waals surface area (Å²) in [6.45, 7) is 0. The van der Waals surface area contributed by atoms with Crippen LogP contribution in [0.5, 0.6) is 0 Å². The molecule has 0 aliphatic rings. The van der Waals surface area contributed by atoms with Gasteiger partial charge in [0.05, 0.1) is 0 Å². The van der Waals surface area contributed by atoms with Crippen LogP contribution >= 0.6 is 0 Å². The second-order valence-corrected chi connectivity index (χ2v) is 0. The summed E-state index contributed by atoms with van der Waals surface area (Å²) in [7, 11) is 0. The molecule has 0 heterocycles. The second kappa shape index (κ2) is 583. The summed E-state index contributed by atoms with van der Waals surface area (Å²) >= 11 is 0. The zero-order valence-corrected chi connectivity index (χ0v) is 64.6. The Balaban J connectivity index is 0. The molecule has 0 aliphatic carbocycles. The van der Waals surface area contributed by atoms with Crippen molar-refractivity contribution in [3.8, 4) is 0 Å². The molecule has 47 heavy (non-hydrogen) atoms. The maximum absolute atomic E-state index is 0. The van der Waals surface area contributed by atoms with Crippen LogP contribution in [0.4, 0.5) is 0 Å². The zero-order valence-electron chi connectivity index (χ0n) is 15.7. The Labute approximate surface area is 768 Å². The molecule has 0 aliphatic heterocycles. The molecule has 47 heteroatoms. The average molecular weight is 2770 g/mol. The molecule has 0 aromatic carbocycles. The first-order valence-electron chi connectivity index (χ1n) is 0. The number of hydrogen-bond acceptors (Lipinski definition) is 0. The van der Waals surface area contributed by atoms with Gasteiger partial charge >= 0.3 is 0 Å². The van der Waals surface area contributed by atoms with Crippen molar-refractivity contribution >= 4 is 0 Å². The molecule has 0 rings (SSSR count). The van der Waals surface area contributed by atoms with Crippen LogP contribution in [0.2, 0.25) is 0 Å². The molecular weight excluding hydrogens is 2770 g/mol. The summed E-state index contributed by atoms with van der Waals surface area (Å²) in [5.41, 5.74) is 0. The van der Waals surface area contributed by atoms with E-state index in [1.54, 1.807) is 0 Å². The molecule has 0 aromatic rings. The van der Waals surface area contributed by atoms with Crippen LogP contribution in [0, 0.1) is 0 Å². The van der Waals surface area contributed by atoms with Gasteiger partial charge < -0.3 is 0 Å². The van der Waals surface area contributed by atoms with Gasteiger partial charge in [0.25, 0.3) is 0 Å². The largest absolute Gasteiger partial charge is 0 e. The molecule has 0 spiro atoms.